The van der Waals surface area contributed by atoms with Crippen molar-refractivity contribution in [3.8, 4) is 0 Å². The Bertz CT molecular complexity index is 150. The van der Waals surface area contributed by atoms with Crippen LogP contribution in [0.3, 0.4) is 0 Å². The molecule has 9 heavy (non-hydrogen) atoms. The molecule has 0 spiro atoms. The fourth-order valence-corrected chi connectivity index (χ4v) is 2.47. The largest absolute Gasteiger partial charge is 0.276 e. The van der Waals surface area contributed by atoms with Crippen LogP contribution in [0.5, 0.6) is 0 Å². The minimum atomic E-state index is -1.09. The first-order valence-corrected chi connectivity index (χ1v) is 4.23. The number of rotatable bonds is 0. The van der Waals surface area contributed by atoms with Crippen molar-refractivity contribution in [2.45, 2.75) is 18.9 Å². The van der Waals surface area contributed by atoms with Gasteiger partial charge < -0.3 is 0 Å². The highest BCUT2D eigenvalue weighted by Gasteiger charge is 2.35. The van der Waals surface area contributed by atoms with Crippen LogP contribution < -0.4 is 0 Å². The maximum absolute atomic E-state index is 10.9. The Morgan fingerprint density at radius 2 is 2.56 bits per heavy atom. The van der Waals surface area contributed by atoms with E-state index in [2.05, 4.69) is 0 Å². The molecule has 3 nitrogen and oxygen atoms in total. The fourth-order valence-electron chi connectivity index (χ4n) is 1.38. The first kappa shape index (κ1) is 5.82. The first-order chi connectivity index (χ1) is 4.38. The van der Waals surface area contributed by atoms with Gasteiger partial charge in [-0.25, -0.2) is 4.21 Å². The van der Waals surface area contributed by atoms with E-state index in [1.165, 1.54) is 6.42 Å². The van der Waals surface area contributed by atoms with Gasteiger partial charge in [0.05, 0.1) is 6.61 Å². The van der Waals surface area contributed by atoms with Crippen molar-refractivity contribution in [3.63, 3.8) is 0 Å². The molecule has 52 valence electrons. The molecular weight excluding hydrogens is 138 g/mol. The molecule has 0 amide bonds. The first-order valence-electron chi connectivity index (χ1n) is 3.20. The minimum absolute atomic E-state index is 0.464. The van der Waals surface area contributed by atoms with E-state index in [0.717, 1.165) is 13.0 Å². The average molecular weight is 147 g/mol. The summed E-state index contributed by atoms with van der Waals surface area (Å²) in [6, 6.07) is 0.464. The van der Waals surface area contributed by atoms with Crippen molar-refractivity contribution in [2.24, 2.45) is 0 Å². The van der Waals surface area contributed by atoms with Gasteiger partial charge in [0, 0.05) is 12.6 Å². The molecule has 0 aromatic heterocycles. The Balaban J connectivity index is 2.15. The maximum atomic E-state index is 10.9. The summed E-state index contributed by atoms with van der Waals surface area (Å²) in [4.78, 5) is 0. The van der Waals surface area contributed by atoms with Crippen LogP contribution >= 0.6 is 0 Å². The van der Waals surface area contributed by atoms with Gasteiger partial charge in [0.25, 0.3) is 0 Å². The second kappa shape index (κ2) is 2.04. The number of nitrogens with zero attached hydrogens (tertiary/aromatic N) is 1. The van der Waals surface area contributed by atoms with Gasteiger partial charge in [-0.2, -0.15) is 4.31 Å². The van der Waals surface area contributed by atoms with E-state index in [-0.39, 0.29) is 0 Å². The lowest BCUT2D eigenvalue weighted by Crippen LogP contribution is -2.23. The molecular formula is C5H9NO2S. The summed E-state index contributed by atoms with van der Waals surface area (Å²) >= 11 is -1.09. The van der Waals surface area contributed by atoms with Gasteiger partial charge in [0.1, 0.15) is 0 Å². The highest BCUT2D eigenvalue weighted by Crippen LogP contribution is 2.25. The predicted molar refractivity (Wildman–Crippen MR) is 33.8 cm³/mol. The molecule has 0 aliphatic carbocycles. The molecule has 2 fully saturated rings. The summed E-state index contributed by atoms with van der Waals surface area (Å²) in [5.41, 5.74) is 0. The minimum Gasteiger partial charge on any atom is -0.276 e. The second-order valence-corrected chi connectivity index (χ2v) is 3.58. The number of hydrogen-bond acceptors (Lipinski definition) is 2. The molecule has 0 N–H and O–H groups in total. The summed E-state index contributed by atoms with van der Waals surface area (Å²) < 4.78 is 17.7. The molecule has 2 aliphatic heterocycles. The number of fused-ring (bicyclic) bond motifs is 1. The van der Waals surface area contributed by atoms with E-state index in [0.29, 0.717) is 12.6 Å². The lowest BCUT2D eigenvalue weighted by atomic mass is 10.2. The molecule has 0 bridgehead atoms. The lowest BCUT2D eigenvalue weighted by molar-refractivity contribution is 0.340. The zero-order valence-electron chi connectivity index (χ0n) is 5.08. The third-order valence-corrected chi connectivity index (χ3v) is 3.08. The molecule has 0 saturated carbocycles. The monoisotopic (exact) mass is 147 g/mol. The van der Waals surface area contributed by atoms with E-state index in [4.69, 9.17) is 4.18 Å². The lowest BCUT2D eigenvalue weighted by Gasteiger charge is -2.06. The molecule has 0 radical (unpaired) electrons. The molecule has 0 aromatic carbocycles. The standard InChI is InChI=1S/C5H9NO2S/c7-9-6-3-1-2-5(6)4-8-9/h5H,1-4H2/t5-,9?/m1/s1. The maximum Gasteiger partial charge on any atom is 0.237 e. The van der Waals surface area contributed by atoms with Gasteiger partial charge in [-0.1, -0.05) is 0 Å². The molecule has 1 unspecified atom stereocenters. The van der Waals surface area contributed by atoms with Crippen molar-refractivity contribution >= 4 is 11.3 Å². The van der Waals surface area contributed by atoms with E-state index in [1.807, 2.05) is 4.31 Å². The zero-order chi connectivity index (χ0) is 6.27. The summed E-state index contributed by atoms with van der Waals surface area (Å²) in [6.07, 6.45) is 2.34. The van der Waals surface area contributed by atoms with Crippen LogP contribution in [-0.2, 0) is 15.4 Å². The number of hydrogen-bond donors (Lipinski definition) is 0. The summed E-state index contributed by atoms with van der Waals surface area (Å²) in [6.45, 7) is 1.63. The Hall–Kier alpha value is 0.0700. The Kier molecular flexibility index (Phi) is 1.32. The molecule has 2 atom stereocenters. The van der Waals surface area contributed by atoms with Gasteiger partial charge in [0.15, 0.2) is 0 Å². The Morgan fingerprint density at radius 1 is 1.67 bits per heavy atom. The molecule has 2 rings (SSSR count). The normalized spacial score (nSPS) is 43.6. The van der Waals surface area contributed by atoms with E-state index >= 15 is 0 Å². The van der Waals surface area contributed by atoms with Crippen LogP contribution in [0.15, 0.2) is 0 Å². The summed E-state index contributed by atoms with van der Waals surface area (Å²) in [7, 11) is 0. The van der Waals surface area contributed by atoms with Crippen LogP contribution in [0.1, 0.15) is 12.8 Å². The van der Waals surface area contributed by atoms with Crippen LogP contribution in [0.2, 0.25) is 0 Å². The zero-order valence-corrected chi connectivity index (χ0v) is 5.89. The second-order valence-electron chi connectivity index (χ2n) is 2.44. The van der Waals surface area contributed by atoms with Gasteiger partial charge in [-0.05, 0) is 12.8 Å². The highest BCUT2D eigenvalue weighted by molar-refractivity contribution is 7.78. The van der Waals surface area contributed by atoms with Crippen LogP contribution in [0, 0.1) is 0 Å². The quantitative estimate of drug-likeness (QED) is 0.485. The van der Waals surface area contributed by atoms with Crippen molar-refractivity contribution in [1.82, 2.24) is 4.31 Å². The van der Waals surface area contributed by atoms with Crippen LogP contribution in [-0.4, -0.2) is 27.7 Å². The van der Waals surface area contributed by atoms with Crippen molar-refractivity contribution < 1.29 is 8.39 Å². The van der Waals surface area contributed by atoms with Crippen molar-refractivity contribution in [2.75, 3.05) is 13.2 Å². The SMILES string of the molecule is O=S1OC[C@H]2CCCN21. The van der Waals surface area contributed by atoms with E-state index in [1.54, 1.807) is 0 Å². The average Bonchev–Trinajstić information content (AvgIpc) is 2.35. The predicted octanol–water partition coefficient (Wildman–Crippen LogP) is 0.0597. The van der Waals surface area contributed by atoms with Gasteiger partial charge in [0.2, 0.25) is 11.3 Å². The molecule has 2 heterocycles. The Morgan fingerprint density at radius 3 is 3.33 bits per heavy atom. The smallest absolute Gasteiger partial charge is 0.237 e. The third kappa shape index (κ3) is 0.818. The van der Waals surface area contributed by atoms with Crippen molar-refractivity contribution in [3.05, 3.63) is 0 Å². The fraction of sp³-hybridized carbons (Fsp3) is 1.00. The van der Waals surface area contributed by atoms with E-state index < -0.39 is 11.3 Å². The van der Waals surface area contributed by atoms with Gasteiger partial charge in [-0.15, -0.1) is 0 Å². The highest BCUT2D eigenvalue weighted by atomic mass is 32.2. The summed E-state index contributed by atoms with van der Waals surface area (Å²) in [5.74, 6) is 0. The third-order valence-electron chi connectivity index (χ3n) is 1.88. The van der Waals surface area contributed by atoms with Gasteiger partial charge >= 0.3 is 0 Å². The van der Waals surface area contributed by atoms with E-state index in [9.17, 15) is 4.21 Å². The molecule has 2 aliphatic rings. The molecule has 4 heteroatoms. The molecule has 0 aromatic rings. The topological polar surface area (TPSA) is 29.5 Å². The Labute approximate surface area is 56.8 Å². The summed E-state index contributed by atoms with van der Waals surface area (Å²) in [5, 5.41) is 0. The van der Waals surface area contributed by atoms with Crippen LogP contribution in [0.25, 0.3) is 0 Å². The van der Waals surface area contributed by atoms with Gasteiger partial charge in [-0.3, -0.25) is 4.18 Å². The van der Waals surface area contributed by atoms with Crippen LogP contribution in [0.4, 0.5) is 0 Å². The van der Waals surface area contributed by atoms with Crippen molar-refractivity contribution in [1.29, 1.82) is 0 Å². The molecule has 2 saturated heterocycles.